The van der Waals surface area contributed by atoms with Crippen molar-refractivity contribution >= 4 is 35.4 Å². The summed E-state index contributed by atoms with van der Waals surface area (Å²) >= 11 is 0. The predicted molar refractivity (Wildman–Crippen MR) is 400 cm³/mol. The highest BCUT2D eigenvalue weighted by atomic mass is 16.6. The van der Waals surface area contributed by atoms with Gasteiger partial charge in [-0.1, -0.05) is 41.5 Å². The fourth-order valence-corrected chi connectivity index (χ4v) is 9.13. The van der Waals surface area contributed by atoms with Crippen LogP contribution in [0, 0.1) is 10.8 Å². The molecule has 34 nitrogen and oxygen atoms in total. The molecule has 0 aromatic carbocycles. The molecule has 0 spiro atoms. The van der Waals surface area contributed by atoms with Gasteiger partial charge >= 0.3 is 0 Å². The van der Waals surface area contributed by atoms with Crippen molar-refractivity contribution in [1.29, 1.82) is 0 Å². The van der Waals surface area contributed by atoms with E-state index in [0.29, 0.717) is 263 Å². The summed E-state index contributed by atoms with van der Waals surface area (Å²) in [5, 5.41) is 17.0. The lowest BCUT2D eigenvalue weighted by atomic mass is 9.90. The summed E-state index contributed by atoms with van der Waals surface area (Å²) in [5.41, 5.74) is 12.8. The molecule has 632 valence electrons. The van der Waals surface area contributed by atoms with Gasteiger partial charge in [0.2, 0.25) is 35.4 Å². The first-order chi connectivity index (χ1) is 51.8. The Morgan fingerprint density at radius 1 is 0.271 bits per heavy atom. The summed E-state index contributed by atoms with van der Waals surface area (Å²) in [6.45, 7) is 29.6. The molecular weight excluding hydrogens is 1400 g/mol. The summed E-state index contributed by atoms with van der Waals surface area (Å²) in [7, 11) is 3.26. The first kappa shape index (κ1) is 103. The van der Waals surface area contributed by atoms with E-state index in [4.69, 9.17) is 106 Å². The Morgan fingerprint density at radius 2 is 0.477 bits per heavy atom. The number of methoxy groups -OCH3 is 2. The van der Waals surface area contributed by atoms with Crippen LogP contribution in [0.3, 0.4) is 0 Å². The lowest BCUT2D eigenvalue weighted by Crippen LogP contribution is -2.55. The van der Waals surface area contributed by atoms with Crippen molar-refractivity contribution in [2.75, 3.05) is 291 Å². The van der Waals surface area contributed by atoms with Gasteiger partial charge in [-0.2, -0.15) is 0 Å². The Hall–Kier alpha value is -4.06. The van der Waals surface area contributed by atoms with Crippen molar-refractivity contribution in [1.82, 2.24) is 31.9 Å². The van der Waals surface area contributed by atoms with E-state index in [9.17, 15) is 28.8 Å². The molecule has 4 atom stereocenters. The topological polar surface area (TPSA) is 411 Å². The molecule has 0 saturated carbocycles. The lowest BCUT2D eigenvalue weighted by Gasteiger charge is -2.24. The van der Waals surface area contributed by atoms with E-state index in [1.165, 1.54) is 0 Å². The average molecular weight is 1550 g/mol. The number of nitrogens with one attached hydrogen (secondary N) is 6. The molecule has 0 aliphatic carbocycles. The minimum Gasteiger partial charge on any atom is -0.382 e. The molecule has 107 heavy (non-hydrogen) atoms. The number of amides is 6. The summed E-state index contributed by atoms with van der Waals surface area (Å²) in [6.07, 6.45) is 5.31. The van der Waals surface area contributed by atoms with E-state index in [2.05, 4.69) is 73.4 Å². The zero-order valence-electron chi connectivity index (χ0n) is 66.6. The van der Waals surface area contributed by atoms with E-state index >= 15 is 0 Å². The number of unbranched alkanes of at least 4 members (excludes halogenated alkanes) is 2. The van der Waals surface area contributed by atoms with Crippen molar-refractivity contribution in [3.05, 3.63) is 0 Å². The van der Waals surface area contributed by atoms with E-state index in [1.54, 1.807) is 14.2 Å². The summed E-state index contributed by atoms with van der Waals surface area (Å²) in [4.78, 5) is 79.3. The third-order valence-corrected chi connectivity index (χ3v) is 15.0. The molecule has 0 heterocycles. The molecule has 0 bridgehead atoms. The normalized spacial score (nSPS) is 13.0. The summed E-state index contributed by atoms with van der Waals surface area (Å²) in [6, 6.07) is -4.47. The maximum atomic E-state index is 13.6. The minimum absolute atomic E-state index is 0.0620. The molecule has 10 N–H and O–H groups in total. The largest absolute Gasteiger partial charge is 0.382 e. The minimum atomic E-state index is -1.28. The standard InChI is InChI=1S/C73H144N8O26/c1-72(2,3)17-13-21-78-70(86)64(15-9-11-19-76-66(82)60-106-57-55-104-53-51-102-49-47-100-45-43-98-41-39-96-37-35-94-33-31-92-29-27-90-25-23-88-7)80-68(84)62(74)59-63(75)69(85)81-65(71(87)79-22-14-18-73(4,5)6)16-10-12-20-77-67(83)61-107-58-56-105-54-52-103-50-48-101-46-44-99-42-40-97-38-36-95-34-32-93-30-28-91-26-24-89-8/h62-65H,9-61,74-75H2,1-8H3,(H,76,82)(H,77,83)(H,78,86)(H,79,87)(H,80,84)(H,81,85)/t62?,63?,64-,65-/m0/s1. The van der Waals surface area contributed by atoms with Crippen LogP contribution in [-0.2, 0) is 124 Å². The quantitative estimate of drug-likeness (QED) is 0.0395. The third-order valence-electron chi connectivity index (χ3n) is 15.0. The van der Waals surface area contributed by atoms with Crippen LogP contribution in [0.1, 0.15) is 112 Å². The van der Waals surface area contributed by atoms with Crippen molar-refractivity contribution in [2.45, 2.75) is 136 Å². The van der Waals surface area contributed by atoms with Gasteiger partial charge in [-0.15, -0.1) is 0 Å². The van der Waals surface area contributed by atoms with Gasteiger partial charge in [0.05, 0.1) is 250 Å². The van der Waals surface area contributed by atoms with Gasteiger partial charge in [0.1, 0.15) is 25.3 Å². The molecule has 0 aliphatic heterocycles. The van der Waals surface area contributed by atoms with Crippen molar-refractivity contribution < 1.29 is 124 Å². The monoisotopic (exact) mass is 1550 g/mol. The maximum Gasteiger partial charge on any atom is 0.245 e. The third kappa shape index (κ3) is 75.7. The van der Waals surface area contributed by atoms with E-state index in [-0.39, 0.29) is 93.4 Å². The molecule has 0 radical (unpaired) electrons. The highest BCUT2D eigenvalue weighted by molar-refractivity contribution is 5.92. The number of nitrogens with two attached hydrogens (primary N) is 2. The van der Waals surface area contributed by atoms with Gasteiger partial charge in [0.15, 0.2) is 0 Å². The van der Waals surface area contributed by atoms with E-state index < -0.39 is 36.0 Å². The van der Waals surface area contributed by atoms with Gasteiger partial charge in [0, 0.05) is 40.4 Å². The summed E-state index contributed by atoms with van der Waals surface area (Å²) < 4.78 is 108. The van der Waals surface area contributed by atoms with Crippen LogP contribution >= 0.6 is 0 Å². The molecule has 0 aromatic heterocycles. The molecule has 6 amide bonds. The number of hydrogen-bond acceptors (Lipinski definition) is 28. The highest BCUT2D eigenvalue weighted by Crippen LogP contribution is 2.21. The first-order valence-electron chi connectivity index (χ1n) is 38.4. The highest BCUT2D eigenvalue weighted by Gasteiger charge is 2.29. The second-order valence-electron chi connectivity index (χ2n) is 27.1. The van der Waals surface area contributed by atoms with Gasteiger partial charge in [0.25, 0.3) is 0 Å². The van der Waals surface area contributed by atoms with Crippen LogP contribution in [0.15, 0.2) is 0 Å². The van der Waals surface area contributed by atoms with E-state index in [0.717, 1.165) is 25.7 Å². The zero-order valence-corrected chi connectivity index (χ0v) is 66.6. The molecule has 0 aromatic rings. The van der Waals surface area contributed by atoms with Crippen molar-refractivity contribution in [3.8, 4) is 0 Å². The van der Waals surface area contributed by atoms with Crippen LogP contribution in [0.25, 0.3) is 0 Å². The van der Waals surface area contributed by atoms with Crippen LogP contribution in [-0.4, -0.2) is 351 Å². The number of hydrogen-bond donors (Lipinski definition) is 8. The Balaban J connectivity index is 4.56. The Morgan fingerprint density at radius 3 is 0.692 bits per heavy atom. The molecule has 0 rings (SSSR count). The number of rotatable bonds is 82. The van der Waals surface area contributed by atoms with Gasteiger partial charge in [-0.05, 0) is 81.5 Å². The Bertz CT molecular complexity index is 1920. The van der Waals surface area contributed by atoms with Crippen molar-refractivity contribution in [2.24, 2.45) is 22.3 Å². The number of ether oxygens (including phenoxy) is 20. The van der Waals surface area contributed by atoms with Crippen LogP contribution in [0.4, 0.5) is 0 Å². The second kappa shape index (κ2) is 76.0. The Labute approximate surface area is 638 Å². The molecule has 2 unspecified atom stereocenters. The van der Waals surface area contributed by atoms with Crippen molar-refractivity contribution in [3.63, 3.8) is 0 Å². The molecule has 0 fully saturated rings. The SMILES string of the molecule is COCCOCCOCCOCCOCCOCCOCCOCCOCCOCC(=O)NCCCC[C@H](NC(=O)C(N)CC(N)C(=O)N[C@@H](CCCCNC(=O)COCCOCCOCCOCCOCCOCCOCCOCCOCCOC)C(=O)NCCCC(C)(C)C)C(=O)NCCCC(C)(C)C. The van der Waals surface area contributed by atoms with Crippen LogP contribution in [0.2, 0.25) is 0 Å². The smallest absolute Gasteiger partial charge is 0.245 e. The predicted octanol–water partition coefficient (Wildman–Crippen LogP) is 1.05. The fourth-order valence-electron chi connectivity index (χ4n) is 9.13. The fraction of sp³-hybridized carbons (Fsp3) is 0.918. The maximum absolute atomic E-state index is 13.6. The van der Waals surface area contributed by atoms with E-state index in [1.807, 2.05) is 0 Å². The second-order valence-corrected chi connectivity index (χ2v) is 27.1. The molecule has 34 heteroatoms. The number of carbonyl (C=O) groups is 6. The van der Waals surface area contributed by atoms with Gasteiger partial charge in [-0.3, -0.25) is 28.8 Å². The summed E-state index contributed by atoms with van der Waals surface area (Å²) in [5.74, 6) is -2.76. The van der Waals surface area contributed by atoms with Gasteiger partial charge in [-0.25, -0.2) is 0 Å². The van der Waals surface area contributed by atoms with Crippen LogP contribution in [0.5, 0.6) is 0 Å². The average Bonchev–Trinajstić information content (AvgIpc) is 0.886. The van der Waals surface area contributed by atoms with Gasteiger partial charge < -0.3 is 138 Å². The Kier molecular flexibility index (Phi) is 73.1. The zero-order chi connectivity index (χ0) is 78.6. The molecular formula is C73H144N8O26. The van der Waals surface area contributed by atoms with Crippen LogP contribution < -0.4 is 43.4 Å². The molecule has 0 saturated heterocycles. The lowest BCUT2D eigenvalue weighted by molar-refractivity contribution is -0.131. The number of carbonyl (C=O) groups excluding carboxylic acids is 6. The first-order valence-corrected chi connectivity index (χ1v) is 38.4. The molecule has 0 aliphatic rings.